The Labute approximate surface area is 92.3 Å². The average molecular weight is 220 g/mol. The highest BCUT2D eigenvalue weighted by molar-refractivity contribution is 6.03. The molecule has 0 radical (unpaired) electrons. The molecule has 0 unspecified atom stereocenters. The lowest BCUT2D eigenvalue weighted by Gasteiger charge is -2.09. The molecule has 2 N–H and O–H groups in total. The fourth-order valence-corrected chi connectivity index (χ4v) is 1.72. The van der Waals surface area contributed by atoms with E-state index < -0.39 is 0 Å². The maximum atomic E-state index is 8.64. The molecule has 16 heavy (non-hydrogen) atoms. The minimum atomic E-state index is 0.599. The van der Waals surface area contributed by atoms with Crippen molar-refractivity contribution in [3.8, 4) is 11.5 Å². The van der Waals surface area contributed by atoms with Gasteiger partial charge in [0.15, 0.2) is 0 Å². The van der Waals surface area contributed by atoms with Gasteiger partial charge in [0, 0.05) is 23.2 Å². The van der Waals surface area contributed by atoms with Gasteiger partial charge in [-0.05, 0) is 6.07 Å². The number of oxime groups is 1. The Hall–Kier alpha value is -2.17. The predicted molar refractivity (Wildman–Crippen MR) is 60.8 cm³/mol. The van der Waals surface area contributed by atoms with Crippen LogP contribution in [0.5, 0.6) is 11.5 Å². The molecule has 1 heterocycles. The molecule has 2 aromatic rings. The first-order valence-corrected chi connectivity index (χ1v) is 4.71. The molecule has 0 amide bonds. The molecular formula is C11H12N2O3. The third kappa shape index (κ3) is 1.46. The smallest absolute Gasteiger partial charge is 0.146 e. The van der Waals surface area contributed by atoms with E-state index in [0.29, 0.717) is 17.1 Å². The number of benzene rings is 1. The Kier molecular flexibility index (Phi) is 2.68. The van der Waals surface area contributed by atoms with Crippen LogP contribution in [0.4, 0.5) is 0 Å². The third-order valence-electron chi connectivity index (χ3n) is 2.44. The predicted octanol–water partition coefficient (Wildman–Crippen LogP) is 1.99. The lowest BCUT2D eigenvalue weighted by Crippen LogP contribution is -1.94. The zero-order valence-corrected chi connectivity index (χ0v) is 9.02. The number of aromatic amines is 1. The summed E-state index contributed by atoms with van der Waals surface area (Å²) in [7, 11) is 3.15. The molecule has 5 heteroatoms. The number of hydrogen-bond donors (Lipinski definition) is 2. The summed E-state index contributed by atoms with van der Waals surface area (Å²) in [5.74, 6) is 1.29. The van der Waals surface area contributed by atoms with Gasteiger partial charge in [0.1, 0.15) is 11.5 Å². The van der Waals surface area contributed by atoms with Crippen molar-refractivity contribution in [3.05, 3.63) is 23.9 Å². The Morgan fingerprint density at radius 3 is 2.69 bits per heavy atom. The first-order chi connectivity index (χ1) is 7.81. The van der Waals surface area contributed by atoms with Gasteiger partial charge >= 0.3 is 0 Å². The van der Waals surface area contributed by atoms with Gasteiger partial charge in [-0.25, -0.2) is 0 Å². The van der Waals surface area contributed by atoms with Gasteiger partial charge in [0.2, 0.25) is 0 Å². The number of hydrogen-bond acceptors (Lipinski definition) is 4. The van der Waals surface area contributed by atoms with Crippen LogP contribution >= 0.6 is 0 Å². The van der Waals surface area contributed by atoms with Crippen LogP contribution in [-0.4, -0.2) is 30.6 Å². The summed E-state index contributed by atoms with van der Waals surface area (Å²) in [5, 5.41) is 12.6. The van der Waals surface area contributed by atoms with E-state index >= 15 is 0 Å². The molecule has 2 rings (SSSR count). The number of nitrogens with zero attached hydrogens (tertiary/aromatic N) is 1. The van der Waals surface area contributed by atoms with Crippen LogP contribution in [0, 0.1) is 0 Å². The topological polar surface area (TPSA) is 66.8 Å². The van der Waals surface area contributed by atoms with Crippen molar-refractivity contribution in [1.29, 1.82) is 0 Å². The number of methoxy groups -OCH3 is 2. The van der Waals surface area contributed by atoms with Gasteiger partial charge < -0.3 is 19.7 Å². The fraction of sp³-hybridized carbons (Fsp3) is 0.182. The van der Waals surface area contributed by atoms with Gasteiger partial charge in [-0.15, -0.1) is 0 Å². The quantitative estimate of drug-likeness (QED) is 0.472. The van der Waals surface area contributed by atoms with E-state index in [4.69, 9.17) is 14.7 Å². The summed E-state index contributed by atoms with van der Waals surface area (Å²) in [6.45, 7) is 0. The largest absolute Gasteiger partial charge is 0.496 e. The second-order valence-electron chi connectivity index (χ2n) is 3.21. The van der Waals surface area contributed by atoms with Crippen molar-refractivity contribution in [2.24, 2.45) is 5.16 Å². The third-order valence-corrected chi connectivity index (χ3v) is 2.44. The second kappa shape index (κ2) is 4.14. The summed E-state index contributed by atoms with van der Waals surface area (Å²) in [4.78, 5) is 3.07. The normalized spacial score (nSPS) is 11.1. The Morgan fingerprint density at radius 1 is 1.31 bits per heavy atom. The highest BCUT2D eigenvalue weighted by Gasteiger charge is 2.12. The number of aromatic nitrogens is 1. The van der Waals surface area contributed by atoms with Crippen LogP contribution in [-0.2, 0) is 0 Å². The van der Waals surface area contributed by atoms with Crippen LogP contribution in [0.25, 0.3) is 10.9 Å². The minimum Gasteiger partial charge on any atom is -0.496 e. The minimum absolute atomic E-state index is 0.599. The summed E-state index contributed by atoms with van der Waals surface area (Å²) in [6, 6.07) is 3.62. The van der Waals surface area contributed by atoms with Crippen molar-refractivity contribution in [3.63, 3.8) is 0 Å². The highest BCUT2D eigenvalue weighted by Crippen LogP contribution is 2.33. The van der Waals surface area contributed by atoms with E-state index in [2.05, 4.69) is 10.1 Å². The Morgan fingerprint density at radius 2 is 2.06 bits per heavy atom. The zero-order valence-electron chi connectivity index (χ0n) is 9.02. The molecule has 0 aliphatic heterocycles. The van der Waals surface area contributed by atoms with Crippen molar-refractivity contribution in [2.75, 3.05) is 14.2 Å². The number of nitrogens with one attached hydrogen (secondary N) is 1. The monoisotopic (exact) mass is 220 g/mol. The van der Waals surface area contributed by atoms with Gasteiger partial charge in [-0.2, -0.15) is 0 Å². The summed E-state index contributed by atoms with van der Waals surface area (Å²) in [6.07, 6.45) is 3.13. The molecule has 0 saturated heterocycles. The number of rotatable bonds is 3. The van der Waals surface area contributed by atoms with Crippen LogP contribution in [0.3, 0.4) is 0 Å². The summed E-state index contributed by atoms with van der Waals surface area (Å²) >= 11 is 0. The molecule has 0 spiro atoms. The van der Waals surface area contributed by atoms with Gasteiger partial charge in [0.25, 0.3) is 0 Å². The molecule has 1 aromatic carbocycles. The molecule has 0 bridgehead atoms. The van der Waals surface area contributed by atoms with E-state index in [9.17, 15) is 0 Å². The SMILES string of the molecule is COc1cc(OC)c2[nH]ccc2c1C=NO. The van der Waals surface area contributed by atoms with Crippen molar-refractivity contribution >= 4 is 17.1 Å². The average Bonchev–Trinajstić information content (AvgIpc) is 2.78. The highest BCUT2D eigenvalue weighted by atomic mass is 16.5. The van der Waals surface area contributed by atoms with E-state index in [0.717, 1.165) is 10.9 Å². The maximum Gasteiger partial charge on any atom is 0.146 e. The van der Waals surface area contributed by atoms with E-state index in [1.54, 1.807) is 26.5 Å². The molecule has 84 valence electrons. The van der Waals surface area contributed by atoms with Crippen LogP contribution < -0.4 is 9.47 Å². The first-order valence-electron chi connectivity index (χ1n) is 4.71. The van der Waals surface area contributed by atoms with Crippen LogP contribution in [0.1, 0.15) is 5.56 Å². The standard InChI is InChI=1S/C11H12N2O3/c1-15-9-5-10(16-2)11-7(3-4-12-11)8(9)6-13-14/h3-6,12,14H,1-2H3. The molecule has 0 aliphatic carbocycles. The summed E-state index contributed by atoms with van der Waals surface area (Å²) < 4.78 is 10.5. The zero-order chi connectivity index (χ0) is 11.5. The molecule has 1 aromatic heterocycles. The van der Waals surface area contributed by atoms with Gasteiger partial charge in [-0.1, -0.05) is 5.16 Å². The first kappa shape index (κ1) is 10.4. The lowest BCUT2D eigenvalue weighted by molar-refractivity contribution is 0.321. The van der Waals surface area contributed by atoms with Crippen molar-refractivity contribution in [1.82, 2.24) is 4.98 Å². The molecule has 0 fully saturated rings. The number of ether oxygens (including phenoxy) is 2. The van der Waals surface area contributed by atoms with E-state index in [-0.39, 0.29) is 0 Å². The lowest BCUT2D eigenvalue weighted by atomic mass is 10.1. The number of fused-ring (bicyclic) bond motifs is 1. The van der Waals surface area contributed by atoms with Crippen LogP contribution in [0.15, 0.2) is 23.5 Å². The number of H-pyrrole nitrogens is 1. The van der Waals surface area contributed by atoms with Crippen molar-refractivity contribution < 1.29 is 14.7 Å². The van der Waals surface area contributed by atoms with E-state index in [1.807, 2.05) is 6.07 Å². The molecular weight excluding hydrogens is 208 g/mol. The fourth-order valence-electron chi connectivity index (χ4n) is 1.72. The second-order valence-corrected chi connectivity index (χ2v) is 3.21. The maximum absolute atomic E-state index is 8.64. The Balaban J connectivity index is 2.80. The van der Waals surface area contributed by atoms with Crippen LogP contribution in [0.2, 0.25) is 0 Å². The molecule has 0 aliphatic rings. The summed E-state index contributed by atoms with van der Waals surface area (Å²) in [5.41, 5.74) is 1.56. The van der Waals surface area contributed by atoms with Crippen molar-refractivity contribution in [2.45, 2.75) is 0 Å². The Bertz CT molecular complexity index is 531. The molecule has 0 saturated carbocycles. The molecule has 0 atom stereocenters. The molecule has 5 nitrogen and oxygen atoms in total. The van der Waals surface area contributed by atoms with E-state index in [1.165, 1.54) is 6.21 Å². The van der Waals surface area contributed by atoms with Gasteiger partial charge in [-0.3, -0.25) is 0 Å². The van der Waals surface area contributed by atoms with Gasteiger partial charge in [0.05, 0.1) is 26.0 Å².